The molecular weight excluding hydrogens is 276 g/mol. The Balaban J connectivity index is 4.46. The number of carboxylic acids is 1. The molecule has 122 valence electrons. The van der Waals surface area contributed by atoms with E-state index >= 15 is 0 Å². The molecule has 7 heteroatoms. The zero-order valence-electron chi connectivity index (χ0n) is 12.8. The molecular formula is C14H26N2O5. The van der Waals surface area contributed by atoms with Crippen LogP contribution in [0.15, 0.2) is 0 Å². The van der Waals surface area contributed by atoms with Gasteiger partial charge in [0.25, 0.3) is 0 Å². The van der Waals surface area contributed by atoms with Gasteiger partial charge in [0.1, 0.15) is 6.04 Å². The highest BCUT2D eigenvalue weighted by Crippen LogP contribution is 2.07. The molecule has 0 saturated carbocycles. The van der Waals surface area contributed by atoms with Crippen molar-refractivity contribution < 1.29 is 24.2 Å². The number of nitrogens with one attached hydrogen (secondary N) is 1. The van der Waals surface area contributed by atoms with Gasteiger partial charge in [0, 0.05) is 0 Å². The van der Waals surface area contributed by atoms with Gasteiger partial charge in [-0.15, -0.1) is 0 Å². The first-order valence-corrected chi connectivity index (χ1v) is 7.36. The minimum Gasteiger partial charge on any atom is -0.481 e. The van der Waals surface area contributed by atoms with Crippen molar-refractivity contribution in [2.24, 2.45) is 5.73 Å². The standard InChI is InChI=1S/C14H26N2O5/c1-3-5-6-7-8-11(14(20)21-4-2)16-13(19)10(15)9-12(17)18/h10-11H,3-9,15H2,1-2H3,(H,16,19)(H,17,18)/t10-,11-/m0/s1. The second kappa shape index (κ2) is 11.1. The lowest BCUT2D eigenvalue weighted by atomic mass is 10.1. The Hall–Kier alpha value is -1.63. The van der Waals surface area contributed by atoms with Crippen LogP contribution in [0.4, 0.5) is 0 Å². The quantitative estimate of drug-likeness (QED) is 0.384. The molecule has 0 rings (SSSR count). The maximum absolute atomic E-state index is 11.8. The number of esters is 1. The monoisotopic (exact) mass is 302 g/mol. The molecule has 0 aromatic carbocycles. The highest BCUT2D eigenvalue weighted by Gasteiger charge is 2.25. The summed E-state index contributed by atoms with van der Waals surface area (Å²) in [5, 5.41) is 11.1. The van der Waals surface area contributed by atoms with E-state index in [2.05, 4.69) is 12.2 Å². The van der Waals surface area contributed by atoms with Crippen LogP contribution in [-0.2, 0) is 19.1 Å². The first kappa shape index (κ1) is 19.4. The lowest BCUT2D eigenvalue weighted by molar-refractivity contribution is -0.148. The van der Waals surface area contributed by atoms with E-state index < -0.39 is 36.4 Å². The SMILES string of the molecule is CCCCCC[C@H](NC(=O)[C@@H](N)CC(=O)O)C(=O)OCC. The molecule has 0 radical (unpaired) electrons. The third-order valence-electron chi connectivity index (χ3n) is 2.97. The van der Waals surface area contributed by atoms with Crippen LogP contribution in [-0.4, -0.2) is 41.6 Å². The summed E-state index contributed by atoms with van der Waals surface area (Å²) in [4.78, 5) is 34.1. The van der Waals surface area contributed by atoms with Crippen molar-refractivity contribution in [1.82, 2.24) is 5.32 Å². The van der Waals surface area contributed by atoms with E-state index in [9.17, 15) is 14.4 Å². The predicted octanol–water partition coefficient (Wildman–Crippen LogP) is 0.807. The van der Waals surface area contributed by atoms with E-state index in [0.717, 1.165) is 25.7 Å². The Morgan fingerprint density at radius 3 is 2.38 bits per heavy atom. The molecule has 0 bridgehead atoms. The lowest BCUT2D eigenvalue weighted by Gasteiger charge is -2.19. The number of carboxylic acid groups (broad SMARTS) is 1. The number of rotatable bonds is 11. The molecule has 0 unspecified atom stereocenters. The molecule has 0 aliphatic carbocycles. The van der Waals surface area contributed by atoms with Crippen LogP contribution in [0.25, 0.3) is 0 Å². The summed E-state index contributed by atoms with van der Waals surface area (Å²) >= 11 is 0. The number of hydrogen-bond donors (Lipinski definition) is 3. The van der Waals surface area contributed by atoms with Gasteiger partial charge in [-0.3, -0.25) is 9.59 Å². The number of carbonyl (C=O) groups is 3. The Labute approximate surface area is 125 Å². The summed E-state index contributed by atoms with van der Waals surface area (Å²) in [7, 11) is 0. The second-order valence-electron chi connectivity index (χ2n) is 4.87. The van der Waals surface area contributed by atoms with Crippen LogP contribution in [0.1, 0.15) is 52.4 Å². The van der Waals surface area contributed by atoms with Crippen molar-refractivity contribution in [3.05, 3.63) is 0 Å². The van der Waals surface area contributed by atoms with E-state index in [1.165, 1.54) is 0 Å². The third-order valence-corrected chi connectivity index (χ3v) is 2.97. The summed E-state index contributed by atoms with van der Waals surface area (Å²) in [5.74, 6) is -2.32. The Bertz CT molecular complexity index is 346. The minimum absolute atomic E-state index is 0.224. The Kier molecular flexibility index (Phi) is 10.2. The molecule has 7 nitrogen and oxygen atoms in total. The summed E-state index contributed by atoms with van der Waals surface area (Å²) in [5.41, 5.74) is 5.47. The average molecular weight is 302 g/mol. The van der Waals surface area contributed by atoms with Crippen molar-refractivity contribution in [3.63, 3.8) is 0 Å². The molecule has 21 heavy (non-hydrogen) atoms. The van der Waals surface area contributed by atoms with Crippen LogP contribution in [0.2, 0.25) is 0 Å². The van der Waals surface area contributed by atoms with Gasteiger partial charge in [-0.1, -0.05) is 32.6 Å². The van der Waals surface area contributed by atoms with Gasteiger partial charge in [-0.05, 0) is 13.3 Å². The van der Waals surface area contributed by atoms with Gasteiger partial charge >= 0.3 is 11.9 Å². The lowest BCUT2D eigenvalue weighted by Crippen LogP contribution is -2.49. The Morgan fingerprint density at radius 1 is 1.19 bits per heavy atom. The molecule has 0 aromatic rings. The largest absolute Gasteiger partial charge is 0.481 e. The molecule has 2 atom stereocenters. The van der Waals surface area contributed by atoms with Crippen LogP contribution in [0.5, 0.6) is 0 Å². The maximum atomic E-state index is 11.8. The van der Waals surface area contributed by atoms with Gasteiger partial charge in [-0.25, -0.2) is 4.79 Å². The predicted molar refractivity (Wildman–Crippen MR) is 77.6 cm³/mol. The van der Waals surface area contributed by atoms with Crippen molar-refractivity contribution in [2.45, 2.75) is 64.5 Å². The third kappa shape index (κ3) is 9.01. The summed E-state index contributed by atoms with van der Waals surface area (Å²) < 4.78 is 4.91. The fourth-order valence-electron chi connectivity index (χ4n) is 1.83. The number of ether oxygens (including phenoxy) is 1. The van der Waals surface area contributed by atoms with E-state index in [1.807, 2.05) is 0 Å². The van der Waals surface area contributed by atoms with E-state index in [1.54, 1.807) is 6.92 Å². The Morgan fingerprint density at radius 2 is 1.86 bits per heavy atom. The normalized spacial score (nSPS) is 13.3. The van der Waals surface area contributed by atoms with Crippen molar-refractivity contribution in [2.75, 3.05) is 6.61 Å². The molecule has 0 saturated heterocycles. The van der Waals surface area contributed by atoms with Crippen molar-refractivity contribution in [3.8, 4) is 0 Å². The second-order valence-corrected chi connectivity index (χ2v) is 4.87. The van der Waals surface area contributed by atoms with Gasteiger partial charge in [-0.2, -0.15) is 0 Å². The highest BCUT2D eigenvalue weighted by atomic mass is 16.5. The molecule has 4 N–H and O–H groups in total. The average Bonchev–Trinajstić information content (AvgIpc) is 2.41. The number of hydrogen-bond acceptors (Lipinski definition) is 5. The molecule has 0 aromatic heterocycles. The van der Waals surface area contributed by atoms with Gasteiger partial charge in [0.15, 0.2) is 0 Å². The number of aliphatic carboxylic acids is 1. The number of carbonyl (C=O) groups excluding carboxylic acids is 2. The molecule has 0 heterocycles. The fourth-order valence-corrected chi connectivity index (χ4v) is 1.83. The van der Waals surface area contributed by atoms with Crippen LogP contribution >= 0.6 is 0 Å². The fraction of sp³-hybridized carbons (Fsp3) is 0.786. The van der Waals surface area contributed by atoms with Gasteiger partial charge in [0.05, 0.1) is 19.1 Å². The number of unbranched alkanes of at least 4 members (excludes halogenated alkanes) is 3. The summed E-state index contributed by atoms with van der Waals surface area (Å²) in [6, 6.07) is -1.94. The smallest absolute Gasteiger partial charge is 0.328 e. The van der Waals surface area contributed by atoms with Crippen molar-refractivity contribution in [1.29, 1.82) is 0 Å². The summed E-state index contributed by atoms with van der Waals surface area (Å²) in [6.07, 6.45) is 3.86. The molecule has 0 aliphatic rings. The summed E-state index contributed by atoms with van der Waals surface area (Å²) in [6.45, 7) is 3.99. The number of nitrogens with two attached hydrogens (primary N) is 1. The minimum atomic E-state index is -1.17. The van der Waals surface area contributed by atoms with Crippen molar-refractivity contribution >= 4 is 17.8 Å². The first-order chi connectivity index (χ1) is 9.92. The molecule has 0 spiro atoms. The van der Waals surface area contributed by atoms with Crippen LogP contribution in [0.3, 0.4) is 0 Å². The van der Waals surface area contributed by atoms with Crippen LogP contribution in [0, 0.1) is 0 Å². The van der Waals surface area contributed by atoms with Gasteiger partial charge < -0.3 is 20.9 Å². The zero-order valence-corrected chi connectivity index (χ0v) is 12.8. The molecule has 0 fully saturated rings. The number of amides is 1. The van der Waals surface area contributed by atoms with Gasteiger partial charge in [0.2, 0.25) is 5.91 Å². The highest BCUT2D eigenvalue weighted by molar-refractivity contribution is 5.89. The first-order valence-electron chi connectivity index (χ1n) is 7.36. The molecule has 0 aliphatic heterocycles. The van der Waals surface area contributed by atoms with E-state index in [0.29, 0.717) is 6.42 Å². The van der Waals surface area contributed by atoms with Crippen LogP contribution < -0.4 is 11.1 Å². The topological polar surface area (TPSA) is 119 Å². The maximum Gasteiger partial charge on any atom is 0.328 e. The van der Waals surface area contributed by atoms with E-state index in [4.69, 9.17) is 15.6 Å². The molecule has 1 amide bonds. The zero-order chi connectivity index (χ0) is 16.3. The van der Waals surface area contributed by atoms with E-state index in [-0.39, 0.29) is 6.61 Å².